The van der Waals surface area contributed by atoms with Crippen LogP contribution in [0, 0.1) is 13.8 Å². The number of benzene rings is 1. The zero-order valence-electron chi connectivity index (χ0n) is 12.2. The fourth-order valence-corrected chi connectivity index (χ4v) is 2.69. The Hall–Kier alpha value is -1.51. The molecule has 1 heterocycles. The van der Waals surface area contributed by atoms with Gasteiger partial charge in [0.25, 0.3) is 5.91 Å². The number of hydrogen-bond donors (Lipinski definition) is 0. The molecule has 3 nitrogen and oxygen atoms in total. The van der Waals surface area contributed by atoms with Crippen LogP contribution in [-0.4, -0.2) is 31.0 Å². The number of carbonyl (C=O) groups is 1. The van der Waals surface area contributed by atoms with Crippen LogP contribution in [0.5, 0.6) is 5.75 Å². The lowest BCUT2D eigenvalue weighted by Crippen LogP contribution is -2.32. The molecule has 0 N–H and O–H groups in total. The quantitative estimate of drug-likeness (QED) is 0.817. The third-order valence-corrected chi connectivity index (χ3v) is 4.08. The zero-order valence-corrected chi connectivity index (χ0v) is 12.2. The second-order valence-corrected chi connectivity index (χ2v) is 5.27. The molecule has 0 bridgehead atoms. The third-order valence-electron chi connectivity index (χ3n) is 4.08. The maximum atomic E-state index is 12.6. The largest absolute Gasteiger partial charge is 0.496 e. The van der Waals surface area contributed by atoms with Crippen LogP contribution in [0.4, 0.5) is 0 Å². The second-order valence-electron chi connectivity index (χ2n) is 5.27. The molecular weight excluding hydrogens is 238 g/mol. The zero-order chi connectivity index (χ0) is 13.8. The average molecular weight is 261 g/mol. The normalized spacial score (nSPS) is 16.1. The number of amides is 1. The lowest BCUT2D eigenvalue weighted by molar-refractivity contribution is 0.0761. The molecule has 2 rings (SSSR count). The fourth-order valence-electron chi connectivity index (χ4n) is 2.69. The molecule has 0 aliphatic carbocycles. The van der Waals surface area contributed by atoms with Gasteiger partial charge in [-0.15, -0.1) is 0 Å². The molecule has 1 aromatic carbocycles. The van der Waals surface area contributed by atoms with Crippen LogP contribution >= 0.6 is 0 Å². The first-order chi connectivity index (χ1) is 9.15. The van der Waals surface area contributed by atoms with Crippen molar-refractivity contribution < 1.29 is 9.53 Å². The first-order valence-corrected chi connectivity index (χ1v) is 7.08. The van der Waals surface area contributed by atoms with E-state index in [1.54, 1.807) is 7.11 Å². The van der Waals surface area contributed by atoms with Gasteiger partial charge in [0.05, 0.1) is 7.11 Å². The van der Waals surface area contributed by atoms with Crippen molar-refractivity contribution in [2.45, 2.75) is 39.5 Å². The number of carbonyl (C=O) groups excluding carboxylic acids is 1. The Labute approximate surface area is 115 Å². The highest BCUT2D eigenvalue weighted by molar-refractivity contribution is 5.96. The number of rotatable bonds is 2. The van der Waals surface area contributed by atoms with Gasteiger partial charge in [0, 0.05) is 18.7 Å². The van der Waals surface area contributed by atoms with E-state index in [4.69, 9.17) is 4.74 Å². The third kappa shape index (κ3) is 2.91. The minimum atomic E-state index is 0.171. The lowest BCUT2D eigenvalue weighted by Gasteiger charge is -2.22. The van der Waals surface area contributed by atoms with Crippen molar-refractivity contribution in [3.05, 3.63) is 28.8 Å². The molecule has 19 heavy (non-hydrogen) atoms. The minimum absolute atomic E-state index is 0.171. The Bertz CT molecular complexity index is 460. The molecule has 104 valence electrons. The van der Waals surface area contributed by atoms with E-state index in [0.717, 1.165) is 48.4 Å². The fraction of sp³-hybridized carbons (Fsp3) is 0.562. The minimum Gasteiger partial charge on any atom is -0.496 e. The Balaban J connectivity index is 2.25. The van der Waals surface area contributed by atoms with E-state index >= 15 is 0 Å². The first kappa shape index (κ1) is 13.9. The van der Waals surface area contributed by atoms with E-state index in [2.05, 4.69) is 0 Å². The maximum absolute atomic E-state index is 12.6. The predicted molar refractivity (Wildman–Crippen MR) is 76.8 cm³/mol. The lowest BCUT2D eigenvalue weighted by atomic mass is 10.0. The summed E-state index contributed by atoms with van der Waals surface area (Å²) < 4.78 is 5.30. The van der Waals surface area contributed by atoms with Gasteiger partial charge in [-0.05, 0) is 49.9 Å². The summed E-state index contributed by atoms with van der Waals surface area (Å²) in [5, 5.41) is 0. The highest BCUT2D eigenvalue weighted by atomic mass is 16.5. The number of nitrogens with zero attached hydrogens (tertiary/aromatic N) is 1. The number of methoxy groups -OCH3 is 1. The summed E-state index contributed by atoms with van der Waals surface area (Å²) in [6, 6.07) is 3.79. The molecule has 1 saturated heterocycles. The Morgan fingerprint density at radius 2 is 1.68 bits per heavy atom. The molecule has 0 atom stereocenters. The van der Waals surface area contributed by atoms with E-state index in [1.165, 1.54) is 12.8 Å². The van der Waals surface area contributed by atoms with Gasteiger partial charge in [-0.1, -0.05) is 12.8 Å². The topological polar surface area (TPSA) is 29.5 Å². The molecule has 1 fully saturated rings. The second kappa shape index (κ2) is 6.09. The van der Waals surface area contributed by atoms with Gasteiger partial charge in [-0.3, -0.25) is 4.79 Å². The van der Waals surface area contributed by atoms with Crippen LogP contribution in [0.1, 0.15) is 47.2 Å². The standard InChI is InChI=1S/C16H23NO2/c1-12-13(2)15(19-3)9-8-14(12)16(18)17-10-6-4-5-7-11-17/h8-9H,4-7,10-11H2,1-3H3. The maximum Gasteiger partial charge on any atom is 0.254 e. The summed E-state index contributed by atoms with van der Waals surface area (Å²) in [7, 11) is 1.66. The monoisotopic (exact) mass is 261 g/mol. The Morgan fingerprint density at radius 1 is 1.05 bits per heavy atom. The van der Waals surface area contributed by atoms with E-state index in [-0.39, 0.29) is 5.91 Å². The van der Waals surface area contributed by atoms with Crippen molar-refractivity contribution in [3.63, 3.8) is 0 Å². The van der Waals surface area contributed by atoms with Crippen LogP contribution in [0.25, 0.3) is 0 Å². The summed E-state index contributed by atoms with van der Waals surface area (Å²) in [4.78, 5) is 14.6. The first-order valence-electron chi connectivity index (χ1n) is 7.08. The van der Waals surface area contributed by atoms with Gasteiger partial charge in [0.15, 0.2) is 0 Å². The van der Waals surface area contributed by atoms with Crippen LogP contribution in [-0.2, 0) is 0 Å². The van der Waals surface area contributed by atoms with Gasteiger partial charge in [0.1, 0.15) is 5.75 Å². The molecule has 1 aromatic rings. The Kier molecular flexibility index (Phi) is 4.46. The molecule has 3 heteroatoms. The summed E-state index contributed by atoms with van der Waals surface area (Å²) >= 11 is 0. The van der Waals surface area contributed by atoms with Crippen LogP contribution in [0.15, 0.2) is 12.1 Å². The van der Waals surface area contributed by atoms with Gasteiger partial charge < -0.3 is 9.64 Å². The van der Waals surface area contributed by atoms with Crippen molar-refractivity contribution >= 4 is 5.91 Å². The van der Waals surface area contributed by atoms with Gasteiger partial charge >= 0.3 is 0 Å². The smallest absolute Gasteiger partial charge is 0.254 e. The van der Waals surface area contributed by atoms with Crippen molar-refractivity contribution in [1.29, 1.82) is 0 Å². The van der Waals surface area contributed by atoms with Gasteiger partial charge in [0.2, 0.25) is 0 Å². The van der Waals surface area contributed by atoms with E-state index < -0.39 is 0 Å². The van der Waals surface area contributed by atoms with Crippen LogP contribution < -0.4 is 4.74 Å². The van der Waals surface area contributed by atoms with Crippen LogP contribution in [0.2, 0.25) is 0 Å². The summed E-state index contributed by atoms with van der Waals surface area (Å²) in [6.07, 6.45) is 4.73. The predicted octanol–water partition coefficient (Wildman–Crippen LogP) is 3.33. The highest BCUT2D eigenvalue weighted by Gasteiger charge is 2.20. The molecule has 1 aliphatic heterocycles. The molecule has 0 unspecified atom stereocenters. The van der Waals surface area contributed by atoms with E-state index in [9.17, 15) is 4.79 Å². The molecular formula is C16H23NO2. The summed E-state index contributed by atoms with van der Waals surface area (Å²) in [6.45, 7) is 5.79. The van der Waals surface area contributed by atoms with Crippen molar-refractivity contribution in [1.82, 2.24) is 4.90 Å². The molecule has 1 aliphatic rings. The van der Waals surface area contributed by atoms with Crippen molar-refractivity contribution in [3.8, 4) is 5.75 Å². The molecule has 0 spiro atoms. The highest BCUT2D eigenvalue weighted by Crippen LogP contribution is 2.25. The van der Waals surface area contributed by atoms with Crippen LogP contribution in [0.3, 0.4) is 0 Å². The number of likely N-dealkylation sites (tertiary alicyclic amines) is 1. The van der Waals surface area contributed by atoms with E-state index in [0.29, 0.717) is 0 Å². The number of ether oxygens (including phenoxy) is 1. The van der Waals surface area contributed by atoms with Crippen molar-refractivity contribution in [2.75, 3.05) is 20.2 Å². The molecule has 0 saturated carbocycles. The summed E-state index contributed by atoms with van der Waals surface area (Å²) in [5.41, 5.74) is 2.91. The van der Waals surface area contributed by atoms with E-state index in [1.807, 2.05) is 30.9 Å². The average Bonchev–Trinajstić information content (AvgIpc) is 2.70. The van der Waals surface area contributed by atoms with Gasteiger partial charge in [-0.2, -0.15) is 0 Å². The molecule has 0 radical (unpaired) electrons. The van der Waals surface area contributed by atoms with Crippen molar-refractivity contribution in [2.24, 2.45) is 0 Å². The summed E-state index contributed by atoms with van der Waals surface area (Å²) in [5.74, 6) is 1.02. The Morgan fingerprint density at radius 3 is 2.26 bits per heavy atom. The number of hydrogen-bond acceptors (Lipinski definition) is 2. The molecule has 0 aromatic heterocycles. The van der Waals surface area contributed by atoms with Gasteiger partial charge in [-0.25, -0.2) is 0 Å². The molecule has 1 amide bonds. The SMILES string of the molecule is COc1ccc(C(=O)N2CCCCCC2)c(C)c1C.